The summed E-state index contributed by atoms with van der Waals surface area (Å²) in [7, 11) is -1.83. The molecule has 2 aromatic heterocycles. The highest BCUT2D eigenvalue weighted by molar-refractivity contribution is 6.74. The molecule has 7 nitrogen and oxygen atoms in total. The molecule has 3 rings (SSSR count). The number of amides is 1. The number of aliphatic hydroxyl groups is 1. The maximum atomic E-state index is 13.0. The van der Waals surface area contributed by atoms with Gasteiger partial charge in [-0.05, 0) is 62.7 Å². The lowest BCUT2D eigenvalue weighted by Crippen LogP contribution is -2.41. The minimum Gasteiger partial charge on any atom is -0.417 e. The van der Waals surface area contributed by atoms with Gasteiger partial charge in [-0.1, -0.05) is 26.8 Å². The first-order chi connectivity index (χ1) is 16.9. The van der Waals surface area contributed by atoms with Gasteiger partial charge < -0.3 is 14.8 Å². The Balaban J connectivity index is 1.82. The van der Waals surface area contributed by atoms with E-state index in [2.05, 4.69) is 49.3 Å². The topological polar surface area (TPSA) is 89.3 Å². The van der Waals surface area contributed by atoms with Crippen LogP contribution in [0.3, 0.4) is 0 Å². The van der Waals surface area contributed by atoms with Crippen molar-refractivity contribution in [3.63, 3.8) is 0 Å². The minimum atomic E-state index is -4.67. The second-order valence-corrected chi connectivity index (χ2v) is 16.0. The van der Waals surface area contributed by atoms with Crippen LogP contribution in [0, 0.1) is 0 Å². The lowest BCUT2D eigenvalue weighted by atomic mass is 9.95. The third kappa shape index (κ3) is 6.96. The van der Waals surface area contributed by atoms with Crippen LogP contribution in [-0.2, 0) is 22.7 Å². The normalized spacial score (nSPS) is 13.3. The quantitative estimate of drug-likeness (QED) is 0.259. The van der Waals surface area contributed by atoms with Crippen LogP contribution in [0.1, 0.15) is 62.8 Å². The van der Waals surface area contributed by atoms with E-state index < -0.39 is 31.7 Å². The zero-order valence-corrected chi connectivity index (χ0v) is 23.3. The van der Waals surface area contributed by atoms with Gasteiger partial charge in [0.2, 0.25) is 0 Å². The lowest BCUT2D eigenvalue weighted by Gasteiger charge is -2.36. The lowest BCUT2D eigenvalue weighted by molar-refractivity contribution is -0.141. The second-order valence-electron chi connectivity index (χ2n) is 11.2. The summed E-state index contributed by atoms with van der Waals surface area (Å²) in [4.78, 5) is 16.2. The average Bonchev–Trinajstić information content (AvgIpc) is 3.16. The number of anilines is 1. The molecule has 0 atom stereocenters. The molecule has 0 bridgehead atoms. The van der Waals surface area contributed by atoms with Crippen LogP contribution in [0.15, 0.2) is 36.5 Å². The number of alkyl halides is 3. The van der Waals surface area contributed by atoms with Crippen LogP contribution in [0.5, 0.6) is 0 Å². The van der Waals surface area contributed by atoms with Crippen LogP contribution in [-0.4, -0.2) is 40.7 Å². The summed E-state index contributed by atoms with van der Waals surface area (Å²) in [6, 6.07) is 6.47. The van der Waals surface area contributed by atoms with Gasteiger partial charge in [0.1, 0.15) is 11.4 Å². The summed E-state index contributed by atoms with van der Waals surface area (Å²) < 4.78 is 47.1. The summed E-state index contributed by atoms with van der Waals surface area (Å²) in [5.41, 5.74) is -1.61. The van der Waals surface area contributed by atoms with Crippen LogP contribution in [0.2, 0.25) is 18.1 Å². The minimum absolute atomic E-state index is 0.130. The number of rotatable bonds is 8. The molecule has 202 valence electrons. The maximum Gasteiger partial charge on any atom is 0.433 e. The number of nitrogens with one attached hydrogen (secondary N) is 1. The van der Waals surface area contributed by atoms with E-state index >= 15 is 0 Å². The van der Waals surface area contributed by atoms with E-state index in [-0.39, 0.29) is 16.4 Å². The number of hydrogen-bond acceptors (Lipinski definition) is 5. The predicted molar refractivity (Wildman–Crippen MR) is 140 cm³/mol. The van der Waals surface area contributed by atoms with Crippen molar-refractivity contribution >= 4 is 30.8 Å². The number of hydrogen-bond donors (Lipinski definition) is 2. The third-order valence-corrected chi connectivity index (χ3v) is 11.2. The molecule has 2 heterocycles. The van der Waals surface area contributed by atoms with E-state index in [1.54, 1.807) is 30.7 Å². The first-order valence-electron chi connectivity index (χ1n) is 12.1. The van der Waals surface area contributed by atoms with Gasteiger partial charge in [0.25, 0.3) is 5.91 Å². The summed E-state index contributed by atoms with van der Waals surface area (Å²) in [6.07, 6.45) is -2.07. The molecule has 1 amide bonds. The third-order valence-electron chi connectivity index (χ3n) is 6.67. The molecule has 0 fully saturated rings. The fraction of sp³-hybridized carbons (Fsp3) is 0.500. The van der Waals surface area contributed by atoms with Crippen LogP contribution < -0.4 is 5.32 Å². The number of nitrogens with zero attached hydrogens (tertiary/aromatic N) is 3. The van der Waals surface area contributed by atoms with Gasteiger partial charge in [0.05, 0.1) is 11.1 Å². The van der Waals surface area contributed by atoms with Gasteiger partial charge in [-0.25, -0.2) is 4.98 Å². The van der Waals surface area contributed by atoms with Crippen LogP contribution in [0.4, 0.5) is 18.9 Å². The van der Waals surface area contributed by atoms with Gasteiger partial charge in [0.15, 0.2) is 8.32 Å². The van der Waals surface area contributed by atoms with E-state index in [0.29, 0.717) is 29.6 Å². The van der Waals surface area contributed by atoms with Crippen molar-refractivity contribution in [2.75, 3.05) is 11.9 Å². The van der Waals surface area contributed by atoms with Crippen LogP contribution >= 0.6 is 0 Å². The van der Waals surface area contributed by atoms with Gasteiger partial charge in [-0.15, -0.1) is 0 Å². The zero-order valence-electron chi connectivity index (χ0n) is 22.3. The summed E-state index contributed by atoms with van der Waals surface area (Å²) in [5.74, 6) is -0.814. The molecule has 11 heteroatoms. The smallest absolute Gasteiger partial charge is 0.417 e. The molecule has 37 heavy (non-hydrogen) atoms. The Bertz CT molecular complexity index is 1270. The van der Waals surface area contributed by atoms with Crippen molar-refractivity contribution < 1.29 is 27.5 Å². The molecule has 2 N–H and O–H groups in total. The fourth-order valence-corrected chi connectivity index (χ4v) is 4.61. The van der Waals surface area contributed by atoms with E-state index in [9.17, 15) is 23.1 Å². The molecule has 0 aliphatic carbocycles. The molecule has 0 unspecified atom stereocenters. The van der Waals surface area contributed by atoms with Crippen molar-refractivity contribution in [1.82, 2.24) is 14.8 Å². The number of carbonyl (C=O) groups is 1. The van der Waals surface area contributed by atoms with Gasteiger partial charge in [-0.3, -0.25) is 9.48 Å². The maximum absolute atomic E-state index is 13.0. The molecular weight excluding hydrogens is 501 g/mol. The number of fused-ring (bicyclic) bond motifs is 1. The highest BCUT2D eigenvalue weighted by atomic mass is 28.4. The van der Waals surface area contributed by atoms with E-state index in [0.717, 1.165) is 18.6 Å². The fourth-order valence-electron chi connectivity index (χ4n) is 3.52. The van der Waals surface area contributed by atoms with E-state index in [1.165, 1.54) is 6.07 Å². The van der Waals surface area contributed by atoms with Crippen LogP contribution in [0.25, 0.3) is 10.9 Å². The molecule has 0 aliphatic rings. The number of aromatic nitrogens is 3. The highest BCUT2D eigenvalue weighted by Crippen LogP contribution is 2.37. The van der Waals surface area contributed by atoms with Crippen molar-refractivity contribution in [1.29, 1.82) is 0 Å². The highest BCUT2D eigenvalue weighted by Gasteiger charge is 2.37. The Hall–Kier alpha value is -2.76. The second kappa shape index (κ2) is 10.2. The molecule has 0 radical (unpaired) electrons. The largest absolute Gasteiger partial charge is 0.433 e. The Kier molecular flexibility index (Phi) is 7.93. The SMILES string of the molecule is CC(C)(O)c1cc2nn(CCCO[Si](C)(C)C(C)(C)C)cc2cc1NC(=O)c1cccc(C(F)(F)F)n1. The van der Waals surface area contributed by atoms with Gasteiger partial charge in [-0.2, -0.15) is 18.3 Å². The Labute approximate surface area is 216 Å². The molecule has 0 aliphatic heterocycles. The Morgan fingerprint density at radius 1 is 1.14 bits per heavy atom. The van der Waals surface area contributed by atoms with Crippen molar-refractivity contribution in [3.05, 3.63) is 53.5 Å². The van der Waals surface area contributed by atoms with Gasteiger partial charge in [0, 0.05) is 36.0 Å². The molecule has 0 spiro atoms. The molecular formula is C26H35F3N4O3Si. The zero-order chi connectivity index (χ0) is 27.8. The van der Waals surface area contributed by atoms with Crippen molar-refractivity contribution in [3.8, 4) is 0 Å². The first kappa shape index (κ1) is 28.8. The monoisotopic (exact) mass is 536 g/mol. The number of halogens is 3. The standard InChI is InChI=1S/C26H35F3N4O3Si/c1-24(2,3)37(6,7)36-13-9-12-33-16-17-14-21(18(25(4,5)35)15-20(17)32-33)31-23(34)19-10-8-11-22(30-19)26(27,28)29/h8,10-11,14-16,35H,9,12-13H2,1-7H3,(H,31,34). The van der Waals surface area contributed by atoms with E-state index in [1.807, 2.05) is 6.20 Å². The molecule has 0 saturated heterocycles. The Morgan fingerprint density at radius 2 is 1.81 bits per heavy atom. The Morgan fingerprint density at radius 3 is 2.41 bits per heavy atom. The first-order valence-corrected chi connectivity index (χ1v) is 15.0. The predicted octanol–water partition coefficient (Wildman–Crippen LogP) is 6.34. The number of carbonyl (C=O) groups excluding carboxylic acids is 1. The van der Waals surface area contributed by atoms with Crippen molar-refractivity contribution in [2.45, 2.75) is 77.5 Å². The summed E-state index contributed by atoms with van der Waals surface area (Å²) in [6.45, 7) is 15.3. The summed E-state index contributed by atoms with van der Waals surface area (Å²) >= 11 is 0. The number of benzene rings is 1. The average molecular weight is 537 g/mol. The molecule has 3 aromatic rings. The van der Waals surface area contributed by atoms with Gasteiger partial charge >= 0.3 is 6.18 Å². The molecule has 0 saturated carbocycles. The van der Waals surface area contributed by atoms with E-state index in [4.69, 9.17) is 4.43 Å². The summed E-state index contributed by atoms with van der Waals surface area (Å²) in [5, 5.41) is 18.8. The number of aryl methyl sites for hydroxylation is 1. The number of pyridine rings is 1. The van der Waals surface area contributed by atoms with Crippen molar-refractivity contribution in [2.24, 2.45) is 0 Å². The molecule has 1 aromatic carbocycles.